The van der Waals surface area contributed by atoms with Crippen LogP contribution in [0.4, 0.5) is 0 Å². The van der Waals surface area contributed by atoms with Gasteiger partial charge in [0.25, 0.3) is 0 Å². The fourth-order valence-corrected chi connectivity index (χ4v) is 14.8. The third-order valence-electron chi connectivity index (χ3n) is 20.9. The van der Waals surface area contributed by atoms with Gasteiger partial charge < -0.3 is 0 Å². The molecule has 0 heteroatoms. The molecule has 0 fully saturated rings. The van der Waals surface area contributed by atoms with Crippen LogP contribution in [0.5, 0.6) is 0 Å². The van der Waals surface area contributed by atoms with Gasteiger partial charge >= 0.3 is 0 Å². The summed E-state index contributed by atoms with van der Waals surface area (Å²) >= 11 is 0. The van der Waals surface area contributed by atoms with Crippen LogP contribution in [-0.4, -0.2) is 0 Å². The maximum absolute atomic E-state index is 2.34. The van der Waals surface area contributed by atoms with Crippen LogP contribution in [0.3, 0.4) is 0 Å². The molecule has 12 aromatic rings. The predicted molar refractivity (Wildman–Crippen MR) is 521 cm³/mol. The van der Waals surface area contributed by atoms with Gasteiger partial charge in [-0.25, -0.2) is 0 Å². The molecule has 0 aromatic heterocycles. The van der Waals surface area contributed by atoms with Crippen molar-refractivity contribution < 1.29 is 0 Å². The van der Waals surface area contributed by atoms with Crippen molar-refractivity contribution in [1.82, 2.24) is 0 Å². The van der Waals surface area contributed by atoms with E-state index in [2.05, 4.69) is 301 Å². The van der Waals surface area contributed by atoms with E-state index in [4.69, 9.17) is 0 Å². The standard InChI is InChI=1S/6C15H14.12C2H6/c2*1-10-7-13-9-12-5-3-4-6-14(12)15(13)8-11(10)2;2*1-10-7-8-13-9-12-5-3-4-6-14(12)15(13)11(10)2;2*1-10-7-8-14-13-6-4-3-5-12(13)9-15(14)11(10)2;12*1-2/h6*3-8H,9H2,1-2H3;12*1-2H3. The first-order valence-corrected chi connectivity index (χ1v) is 44.7. The van der Waals surface area contributed by atoms with E-state index in [0.29, 0.717) is 0 Å². The van der Waals surface area contributed by atoms with Crippen LogP contribution < -0.4 is 0 Å². The second-order valence-electron chi connectivity index (χ2n) is 26.3. The highest BCUT2D eigenvalue weighted by molar-refractivity contribution is 5.84. The van der Waals surface area contributed by atoms with E-state index >= 15 is 0 Å². The third kappa shape index (κ3) is 25.3. The van der Waals surface area contributed by atoms with Crippen molar-refractivity contribution in [3.8, 4) is 66.8 Å². The van der Waals surface area contributed by atoms with E-state index in [-0.39, 0.29) is 0 Å². The summed E-state index contributed by atoms with van der Waals surface area (Å²) in [4.78, 5) is 0. The zero-order valence-electron chi connectivity index (χ0n) is 79.0. The lowest BCUT2D eigenvalue weighted by atomic mass is 9.97. The zero-order chi connectivity index (χ0) is 86.5. The Morgan fingerprint density at radius 3 is 0.623 bits per heavy atom. The molecule has 114 heavy (non-hydrogen) atoms. The average Bonchev–Trinajstić information content (AvgIpc) is 1.64. The Bertz CT molecular complexity index is 4460. The Morgan fingerprint density at radius 2 is 0.342 bits per heavy atom. The van der Waals surface area contributed by atoms with Crippen LogP contribution in [-0.2, 0) is 38.5 Å². The highest BCUT2D eigenvalue weighted by atomic mass is 14.3. The number of benzene rings is 12. The second kappa shape index (κ2) is 55.2. The van der Waals surface area contributed by atoms with Crippen molar-refractivity contribution in [3.05, 3.63) is 352 Å². The summed E-state index contributed by atoms with van der Waals surface area (Å²) < 4.78 is 0. The van der Waals surface area contributed by atoms with Gasteiger partial charge in [0.15, 0.2) is 0 Å². The van der Waals surface area contributed by atoms with Crippen LogP contribution in [0.15, 0.2) is 218 Å². The minimum Gasteiger partial charge on any atom is -0.0683 e. The molecule has 0 atom stereocenters. The lowest BCUT2D eigenvalue weighted by molar-refractivity contribution is 1.19. The van der Waals surface area contributed by atoms with Gasteiger partial charge in [-0.1, -0.05) is 385 Å². The van der Waals surface area contributed by atoms with Gasteiger partial charge in [-0.05, 0) is 322 Å². The highest BCUT2D eigenvalue weighted by Crippen LogP contribution is 2.44. The molecular formula is C114H156. The van der Waals surface area contributed by atoms with Crippen LogP contribution in [0.2, 0.25) is 0 Å². The maximum Gasteiger partial charge on any atom is -0.00107 e. The molecule has 0 aliphatic heterocycles. The first kappa shape index (κ1) is 103. The molecule has 0 spiro atoms. The smallest absolute Gasteiger partial charge is 0.00107 e. The monoisotopic (exact) mass is 1530 g/mol. The average molecular weight is 1530 g/mol. The molecule has 6 aliphatic rings. The van der Waals surface area contributed by atoms with Gasteiger partial charge in [0.05, 0.1) is 0 Å². The molecule has 0 N–H and O–H groups in total. The van der Waals surface area contributed by atoms with Gasteiger partial charge in [-0.15, -0.1) is 0 Å². The zero-order valence-corrected chi connectivity index (χ0v) is 79.0. The van der Waals surface area contributed by atoms with E-state index in [1.54, 1.807) is 0 Å². The van der Waals surface area contributed by atoms with Crippen molar-refractivity contribution in [1.29, 1.82) is 0 Å². The normalized spacial score (nSPS) is 10.4. The Balaban J connectivity index is 0.000000648. The van der Waals surface area contributed by atoms with E-state index in [1.807, 2.05) is 166 Å². The summed E-state index contributed by atoms with van der Waals surface area (Å²) in [6.07, 6.45) is 6.64. The van der Waals surface area contributed by atoms with Crippen molar-refractivity contribution in [2.75, 3.05) is 0 Å². The van der Waals surface area contributed by atoms with Crippen LogP contribution in [0.25, 0.3) is 66.8 Å². The van der Waals surface area contributed by atoms with E-state index in [9.17, 15) is 0 Å². The molecule has 0 nitrogen and oxygen atoms in total. The minimum atomic E-state index is 1.10. The first-order chi connectivity index (χ1) is 55.6. The van der Waals surface area contributed by atoms with E-state index < -0.39 is 0 Å². The molecule has 18 rings (SSSR count). The van der Waals surface area contributed by atoms with Crippen LogP contribution in [0.1, 0.15) is 300 Å². The topological polar surface area (TPSA) is 0 Å². The molecule has 12 aromatic carbocycles. The number of fused-ring (bicyclic) bond motifs is 18. The molecule has 0 bridgehead atoms. The summed E-state index contributed by atoms with van der Waals surface area (Å²) in [5.74, 6) is 0. The Hall–Kier alpha value is -9.36. The molecule has 0 heterocycles. The quantitative estimate of drug-likeness (QED) is 0.142. The molecule has 0 saturated heterocycles. The fourth-order valence-electron chi connectivity index (χ4n) is 14.8. The molecule has 0 amide bonds. The Morgan fingerprint density at radius 1 is 0.140 bits per heavy atom. The van der Waals surface area contributed by atoms with Crippen molar-refractivity contribution in [2.45, 2.75) is 288 Å². The van der Waals surface area contributed by atoms with Crippen molar-refractivity contribution >= 4 is 0 Å². The summed E-state index contributed by atoms with van der Waals surface area (Å²) in [6, 6.07) is 79.8. The molecule has 612 valence electrons. The largest absolute Gasteiger partial charge is 0.0683 e. The molecule has 6 aliphatic carbocycles. The Kier molecular flexibility index (Phi) is 49.7. The van der Waals surface area contributed by atoms with Crippen LogP contribution >= 0.6 is 0 Å². The number of hydrogen-bond acceptors (Lipinski definition) is 0. The predicted octanol–water partition coefficient (Wildman–Crippen LogP) is 35.6. The van der Waals surface area contributed by atoms with Gasteiger partial charge in [0, 0.05) is 0 Å². The van der Waals surface area contributed by atoms with Gasteiger partial charge in [-0.2, -0.15) is 0 Å². The first-order valence-electron chi connectivity index (χ1n) is 44.7. The molecule has 0 radical (unpaired) electrons. The number of aryl methyl sites for hydroxylation is 8. The lowest BCUT2D eigenvalue weighted by Crippen LogP contribution is -1.89. The summed E-state index contributed by atoms with van der Waals surface area (Å²) in [7, 11) is 0. The summed E-state index contributed by atoms with van der Waals surface area (Å²) in [5, 5.41) is 0. The van der Waals surface area contributed by atoms with Gasteiger partial charge in [0.1, 0.15) is 0 Å². The van der Waals surface area contributed by atoms with Crippen LogP contribution in [0, 0.1) is 83.1 Å². The van der Waals surface area contributed by atoms with E-state index in [0.717, 1.165) is 38.5 Å². The van der Waals surface area contributed by atoms with E-state index in [1.165, 1.54) is 200 Å². The van der Waals surface area contributed by atoms with Crippen molar-refractivity contribution in [3.63, 3.8) is 0 Å². The number of hydrogen-bond donors (Lipinski definition) is 0. The SMILES string of the molecule is CC.CC.CC.CC.CC.CC.CC.CC.CC.CC.CC.CC.Cc1cc2c(cc1C)-c1ccccc1C2.Cc1cc2c(cc1C)-c1ccccc1C2.Cc1ccc2c(c1C)-c1ccccc1C2.Cc1ccc2c(c1C)-c1ccccc1C2.Cc1ccc2c(c1C)Cc1ccccc1-2.Cc1ccc2c(c1C)Cc1ccccc1-2. The Labute approximate surface area is 701 Å². The lowest BCUT2D eigenvalue weighted by Gasteiger charge is -2.08. The summed E-state index contributed by atoms with van der Waals surface area (Å²) in [5.41, 5.74) is 52.1. The second-order valence-corrected chi connectivity index (χ2v) is 26.3. The molecule has 0 saturated carbocycles. The number of rotatable bonds is 0. The third-order valence-corrected chi connectivity index (χ3v) is 20.9. The highest BCUT2D eigenvalue weighted by Gasteiger charge is 2.25. The molecule has 0 unspecified atom stereocenters. The van der Waals surface area contributed by atoms with Gasteiger partial charge in [-0.3, -0.25) is 0 Å². The summed E-state index contributed by atoms with van der Waals surface area (Å²) in [6.45, 7) is 74.5. The maximum atomic E-state index is 2.34. The molecular weight excluding hydrogens is 1370 g/mol. The minimum absolute atomic E-state index is 1.10. The van der Waals surface area contributed by atoms with Gasteiger partial charge in [0.2, 0.25) is 0 Å². The van der Waals surface area contributed by atoms with Crippen molar-refractivity contribution in [2.24, 2.45) is 0 Å². The fraction of sp³-hybridized carbons (Fsp3) is 0.368.